The quantitative estimate of drug-likeness (QED) is 0.605. The molecule has 7 heteroatoms. The Balaban J connectivity index is 1.59. The van der Waals surface area contributed by atoms with E-state index in [0.717, 1.165) is 29.8 Å². The molecule has 0 aliphatic carbocycles. The van der Waals surface area contributed by atoms with Crippen LogP contribution in [0, 0.1) is 0 Å². The van der Waals surface area contributed by atoms with Gasteiger partial charge in [-0.3, -0.25) is 0 Å². The van der Waals surface area contributed by atoms with Crippen molar-refractivity contribution in [3.8, 4) is 0 Å². The molecule has 2 heterocycles. The molecule has 0 fully saturated rings. The summed E-state index contributed by atoms with van der Waals surface area (Å²) in [6.07, 6.45) is 2.20. The molecule has 4 rings (SSSR count). The second kappa shape index (κ2) is 8.19. The number of hydrogen-bond donors (Lipinski definition) is 0. The van der Waals surface area contributed by atoms with Gasteiger partial charge in [0.25, 0.3) is 0 Å². The number of rotatable bonds is 7. The van der Waals surface area contributed by atoms with Crippen LogP contribution < -0.4 is 4.90 Å². The van der Waals surface area contributed by atoms with Crippen LogP contribution in [0.1, 0.15) is 58.1 Å². The first-order valence-electron chi connectivity index (χ1n) is 11.4. The lowest BCUT2D eigenvalue weighted by atomic mass is 9.75. The third-order valence-corrected chi connectivity index (χ3v) is 8.86. The van der Waals surface area contributed by atoms with Crippen LogP contribution in [0.4, 0.5) is 5.69 Å². The largest absolute Gasteiger partial charge is 0.366 e. The third-order valence-electron chi connectivity index (χ3n) is 6.94. The summed E-state index contributed by atoms with van der Waals surface area (Å²) in [6, 6.07) is 15.4. The third kappa shape index (κ3) is 3.33. The average Bonchev–Trinajstić information content (AvgIpc) is 3.31. The standard InChI is InChI=1S/C25H33N3O3S/c1-6-16-28(17-7-2)32(29,30)20-14-12-19(13-15-20)22-18-25(31-26-22)24(3,4)21-10-8-9-11-23(21)27(25)5/h8-15H,6-7,16-18H2,1-5H3. The summed E-state index contributed by atoms with van der Waals surface area (Å²) in [4.78, 5) is 8.67. The Hall–Kier alpha value is -2.38. The molecule has 0 saturated carbocycles. The van der Waals surface area contributed by atoms with Crippen molar-refractivity contribution in [2.45, 2.75) is 63.0 Å². The van der Waals surface area contributed by atoms with E-state index < -0.39 is 15.7 Å². The van der Waals surface area contributed by atoms with Gasteiger partial charge in [0.1, 0.15) is 0 Å². The Morgan fingerprint density at radius 1 is 1.03 bits per heavy atom. The number of benzene rings is 2. The van der Waals surface area contributed by atoms with Crippen molar-refractivity contribution in [2.75, 3.05) is 25.0 Å². The molecule has 6 nitrogen and oxygen atoms in total. The fourth-order valence-corrected chi connectivity index (χ4v) is 6.65. The number of anilines is 1. The van der Waals surface area contributed by atoms with Gasteiger partial charge in [0.15, 0.2) is 0 Å². The molecular formula is C25H33N3O3S. The van der Waals surface area contributed by atoms with E-state index in [0.29, 0.717) is 24.4 Å². The summed E-state index contributed by atoms with van der Waals surface area (Å²) in [5, 5.41) is 4.47. The van der Waals surface area contributed by atoms with Crippen LogP contribution >= 0.6 is 0 Å². The van der Waals surface area contributed by atoms with Gasteiger partial charge >= 0.3 is 0 Å². The Labute approximate surface area is 191 Å². The summed E-state index contributed by atoms with van der Waals surface area (Å²) in [7, 11) is -1.44. The Kier molecular flexibility index (Phi) is 5.84. The molecule has 2 aliphatic rings. The number of hydrogen-bond acceptors (Lipinski definition) is 5. The highest BCUT2D eigenvalue weighted by atomic mass is 32.2. The zero-order valence-corrected chi connectivity index (χ0v) is 20.4. The van der Waals surface area contributed by atoms with Gasteiger partial charge in [-0.2, -0.15) is 4.31 Å². The van der Waals surface area contributed by atoms with Crippen molar-refractivity contribution in [1.29, 1.82) is 0 Å². The van der Waals surface area contributed by atoms with Gasteiger partial charge in [0, 0.05) is 25.8 Å². The lowest BCUT2D eigenvalue weighted by Gasteiger charge is -2.40. The maximum Gasteiger partial charge on any atom is 0.243 e. The highest BCUT2D eigenvalue weighted by molar-refractivity contribution is 7.89. The molecule has 32 heavy (non-hydrogen) atoms. The lowest BCUT2D eigenvalue weighted by Crippen LogP contribution is -2.54. The monoisotopic (exact) mass is 455 g/mol. The minimum atomic E-state index is -3.50. The van der Waals surface area contributed by atoms with E-state index in [1.54, 1.807) is 16.4 Å². The number of oxime groups is 1. The molecule has 1 atom stereocenters. The average molecular weight is 456 g/mol. The molecule has 2 aromatic carbocycles. The number of fused-ring (bicyclic) bond motifs is 1. The highest BCUT2D eigenvalue weighted by Crippen LogP contribution is 2.55. The van der Waals surface area contributed by atoms with E-state index in [2.05, 4.69) is 49.1 Å². The first kappa shape index (κ1) is 22.8. The summed E-state index contributed by atoms with van der Waals surface area (Å²) >= 11 is 0. The molecule has 172 valence electrons. The van der Waals surface area contributed by atoms with Gasteiger partial charge < -0.3 is 9.74 Å². The van der Waals surface area contributed by atoms with E-state index in [4.69, 9.17) is 4.84 Å². The predicted octanol–water partition coefficient (Wildman–Crippen LogP) is 4.75. The topological polar surface area (TPSA) is 62.2 Å². The van der Waals surface area contributed by atoms with Gasteiger partial charge in [-0.05, 0) is 56.0 Å². The number of nitrogens with zero attached hydrogens (tertiary/aromatic N) is 3. The molecule has 0 radical (unpaired) electrons. The van der Waals surface area contributed by atoms with Crippen LogP contribution in [0.25, 0.3) is 0 Å². The van der Waals surface area contributed by atoms with Crippen LogP contribution in [0.15, 0.2) is 58.6 Å². The maximum absolute atomic E-state index is 13.1. The molecule has 0 aromatic heterocycles. The van der Waals surface area contributed by atoms with E-state index >= 15 is 0 Å². The maximum atomic E-state index is 13.1. The SMILES string of the molecule is CCCN(CCC)S(=O)(=O)c1ccc(C2=NOC3(C2)N(C)c2ccccc2C3(C)C)cc1. The second-order valence-corrected chi connectivity index (χ2v) is 11.2. The summed E-state index contributed by atoms with van der Waals surface area (Å²) < 4.78 is 27.7. The molecule has 2 aromatic rings. The van der Waals surface area contributed by atoms with E-state index in [1.807, 2.05) is 32.0 Å². The smallest absolute Gasteiger partial charge is 0.243 e. The molecule has 0 N–H and O–H groups in total. The van der Waals surface area contributed by atoms with E-state index in [1.165, 1.54) is 5.56 Å². The molecule has 0 bridgehead atoms. The van der Waals surface area contributed by atoms with Crippen molar-refractivity contribution in [1.82, 2.24) is 4.31 Å². The van der Waals surface area contributed by atoms with Crippen LogP contribution in [0.3, 0.4) is 0 Å². The Morgan fingerprint density at radius 2 is 1.66 bits per heavy atom. The molecule has 0 amide bonds. The highest BCUT2D eigenvalue weighted by Gasteiger charge is 2.61. The molecule has 0 saturated heterocycles. The van der Waals surface area contributed by atoms with Gasteiger partial charge in [0.05, 0.1) is 22.4 Å². The summed E-state index contributed by atoms with van der Waals surface area (Å²) in [6.45, 7) is 9.44. The first-order valence-corrected chi connectivity index (χ1v) is 12.8. The fraction of sp³-hybridized carbons (Fsp3) is 0.480. The van der Waals surface area contributed by atoms with Crippen molar-refractivity contribution in [3.63, 3.8) is 0 Å². The van der Waals surface area contributed by atoms with Crippen molar-refractivity contribution < 1.29 is 13.3 Å². The van der Waals surface area contributed by atoms with Crippen LogP contribution in [0.2, 0.25) is 0 Å². The predicted molar refractivity (Wildman–Crippen MR) is 129 cm³/mol. The van der Waals surface area contributed by atoms with Gasteiger partial charge in [-0.15, -0.1) is 0 Å². The summed E-state index contributed by atoms with van der Waals surface area (Å²) in [5.41, 5.74) is 3.26. The van der Waals surface area contributed by atoms with Crippen LogP contribution in [0.5, 0.6) is 0 Å². The molecular weight excluding hydrogens is 422 g/mol. The van der Waals surface area contributed by atoms with Crippen molar-refractivity contribution in [3.05, 3.63) is 59.7 Å². The van der Waals surface area contributed by atoms with Crippen LogP contribution in [-0.4, -0.2) is 44.3 Å². The van der Waals surface area contributed by atoms with Gasteiger partial charge in [0.2, 0.25) is 15.7 Å². The number of para-hydroxylation sites is 1. The first-order chi connectivity index (χ1) is 15.2. The normalized spacial score (nSPS) is 21.7. The van der Waals surface area contributed by atoms with Crippen LogP contribution in [-0.2, 0) is 20.3 Å². The number of likely N-dealkylation sites (N-methyl/N-ethyl adjacent to an activating group) is 1. The molecule has 1 unspecified atom stereocenters. The zero-order chi connectivity index (χ0) is 23.1. The minimum absolute atomic E-state index is 0.256. The number of sulfonamides is 1. The summed E-state index contributed by atoms with van der Waals surface area (Å²) in [5.74, 6) is 0. The van der Waals surface area contributed by atoms with Crippen molar-refractivity contribution in [2.24, 2.45) is 5.16 Å². The molecule has 1 spiro atoms. The second-order valence-electron chi connectivity index (χ2n) is 9.22. The lowest BCUT2D eigenvalue weighted by molar-refractivity contribution is -0.0591. The zero-order valence-electron chi connectivity index (χ0n) is 19.6. The Bertz CT molecular complexity index is 1120. The Morgan fingerprint density at radius 3 is 2.25 bits per heavy atom. The molecule has 2 aliphatic heterocycles. The van der Waals surface area contributed by atoms with Gasteiger partial charge in [-0.1, -0.05) is 49.3 Å². The minimum Gasteiger partial charge on any atom is -0.366 e. The van der Waals surface area contributed by atoms with E-state index in [9.17, 15) is 8.42 Å². The van der Waals surface area contributed by atoms with Crippen molar-refractivity contribution >= 4 is 21.4 Å². The van der Waals surface area contributed by atoms with Gasteiger partial charge in [-0.25, -0.2) is 8.42 Å². The van der Waals surface area contributed by atoms with E-state index in [-0.39, 0.29) is 5.41 Å². The fourth-order valence-electron chi connectivity index (χ4n) is 5.03.